The van der Waals surface area contributed by atoms with Crippen LogP contribution in [0.15, 0.2) is 12.3 Å². The van der Waals surface area contributed by atoms with Gasteiger partial charge in [0.05, 0.1) is 11.9 Å². The molecule has 2 N–H and O–H groups in total. The number of rotatable bonds is 0. The van der Waals surface area contributed by atoms with Gasteiger partial charge in [0.25, 0.3) is 0 Å². The van der Waals surface area contributed by atoms with Crippen LogP contribution >= 0.6 is 12.4 Å². The molecule has 0 aliphatic heterocycles. The first kappa shape index (κ1) is 9.24. The lowest BCUT2D eigenvalue weighted by Gasteiger charge is -1.97. The van der Waals surface area contributed by atoms with E-state index in [1.807, 2.05) is 19.9 Å². The Labute approximate surface area is 66.9 Å². The summed E-state index contributed by atoms with van der Waals surface area (Å²) in [4.78, 5) is 4.05. The van der Waals surface area contributed by atoms with Crippen LogP contribution in [-0.4, -0.2) is 4.98 Å². The monoisotopic (exact) mass is 158 g/mol. The fourth-order valence-electron chi connectivity index (χ4n) is 0.665. The molecule has 1 aromatic rings. The largest absolute Gasteiger partial charge is 0.397 e. The molecule has 0 atom stereocenters. The lowest BCUT2D eigenvalue weighted by Crippen LogP contribution is -1.90. The summed E-state index contributed by atoms with van der Waals surface area (Å²) in [7, 11) is 0. The highest BCUT2D eigenvalue weighted by atomic mass is 35.5. The van der Waals surface area contributed by atoms with Crippen LogP contribution in [0.25, 0.3) is 0 Å². The zero-order valence-electron chi connectivity index (χ0n) is 6.09. The van der Waals surface area contributed by atoms with Gasteiger partial charge in [-0.1, -0.05) is 0 Å². The summed E-state index contributed by atoms with van der Waals surface area (Å²) >= 11 is 0. The summed E-state index contributed by atoms with van der Waals surface area (Å²) in [6, 6.07) is 1.92. The minimum atomic E-state index is 0. The van der Waals surface area contributed by atoms with E-state index in [-0.39, 0.29) is 12.4 Å². The third-order valence-corrected chi connectivity index (χ3v) is 1.36. The van der Waals surface area contributed by atoms with Crippen LogP contribution in [0.3, 0.4) is 0 Å². The molecule has 0 bridgehead atoms. The molecule has 1 heterocycles. The lowest BCUT2D eigenvalue weighted by molar-refractivity contribution is 1.15. The van der Waals surface area contributed by atoms with Gasteiger partial charge in [0, 0.05) is 5.69 Å². The van der Waals surface area contributed by atoms with Crippen molar-refractivity contribution in [2.24, 2.45) is 0 Å². The molecule has 0 radical (unpaired) electrons. The molecule has 1 rings (SSSR count). The van der Waals surface area contributed by atoms with Crippen LogP contribution in [-0.2, 0) is 0 Å². The first-order valence-electron chi connectivity index (χ1n) is 2.89. The predicted molar refractivity (Wildman–Crippen MR) is 45.4 cm³/mol. The van der Waals surface area contributed by atoms with E-state index in [1.54, 1.807) is 6.20 Å². The van der Waals surface area contributed by atoms with E-state index in [0.29, 0.717) is 0 Å². The van der Waals surface area contributed by atoms with Crippen LogP contribution in [0, 0.1) is 13.8 Å². The zero-order chi connectivity index (χ0) is 6.85. The molecule has 0 spiro atoms. The Balaban J connectivity index is 0.000000810. The maximum atomic E-state index is 5.46. The maximum Gasteiger partial charge on any atom is 0.0503 e. The Morgan fingerprint density at radius 2 is 2.00 bits per heavy atom. The summed E-state index contributed by atoms with van der Waals surface area (Å²) in [6.45, 7) is 3.97. The van der Waals surface area contributed by atoms with Gasteiger partial charge in [0.15, 0.2) is 0 Å². The first-order chi connectivity index (χ1) is 4.20. The average Bonchev–Trinajstić information content (AvgIpc) is 1.80. The molecule has 0 saturated heterocycles. The van der Waals surface area contributed by atoms with Crippen LogP contribution in [0.1, 0.15) is 11.3 Å². The van der Waals surface area contributed by atoms with Gasteiger partial charge in [-0.15, -0.1) is 12.4 Å². The van der Waals surface area contributed by atoms with Crippen molar-refractivity contribution in [1.82, 2.24) is 4.98 Å². The molecule has 1 aromatic heterocycles. The van der Waals surface area contributed by atoms with Gasteiger partial charge in [-0.3, -0.25) is 4.98 Å². The topological polar surface area (TPSA) is 38.9 Å². The second-order valence-electron chi connectivity index (χ2n) is 2.17. The molecule has 0 fully saturated rings. The van der Waals surface area contributed by atoms with E-state index in [2.05, 4.69) is 4.98 Å². The number of nitrogens with two attached hydrogens (primary N) is 1. The van der Waals surface area contributed by atoms with Crippen molar-refractivity contribution in [1.29, 1.82) is 0 Å². The number of pyridine rings is 1. The van der Waals surface area contributed by atoms with Gasteiger partial charge in [-0.2, -0.15) is 0 Å². The minimum absolute atomic E-state index is 0. The van der Waals surface area contributed by atoms with Crippen molar-refractivity contribution in [3.05, 3.63) is 23.5 Å². The number of halogens is 1. The van der Waals surface area contributed by atoms with Gasteiger partial charge in [-0.25, -0.2) is 0 Å². The van der Waals surface area contributed by atoms with Crippen LogP contribution in [0.2, 0.25) is 0 Å². The summed E-state index contributed by atoms with van der Waals surface area (Å²) in [5, 5.41) is 0. The normalized spacial score (nSPS) is 8.60. The van der Waals surface area contributed by atoms with Crippen LogP contribution in [0.4, 0.5) is 5.69 Å². The van der Waals surface area contributed by atoms with E-state index >= 15 is 0 Å². The van der Waals surface area contributed by atoms with Crippen molar-refractivity contribution >= 4 is 18.1 Å². The van der Waals surface area contributed by atoms with Crippen molar-refractivity contribution in [3.8, 4) is 0 Å². The van der Waals surface area contributed by atoms with Gasteiger partial charge in [-0.05, 0) is 25.5 Å². The Kier molecular flexibility index (Phi) is 3.16. The predicted octanol–water partition coefficient (Wildman–Crippen LogP) is 1.70. The summed E-state index contributed by atoms with van der Waals surface area (Å²) in [5.74, 6) is 0. The van der Waals surface area contributed by atoms with Crippen molar-refractivity contribution < 1.29 is 0 Å². The van der Waals surface area contributed by atoms with Crippen LogP contribution in [0.5, 0.6) is 0 Å². The van der Waals surface area contributed by atoms with Crippen molar-refractivity contribution in [3.63, 3.8) is 0 Å². The number of aryl methyl sites for hydroxylation is 2. The molecular formula is C7H11ClN2. The lowest BCUT2D eigenvalue weighted by atomic mass is 10.2. The highest BCUT2D eigenvalue weighted by molar-refractivity contribution is 5.85. The number of hydrogen-bond acceptors (Lipinski definition) is 2. The Hall–Kier alpha value is -0.760. The van der Waals surface area contributed by atoms with Gasteiger partial charge >= 0.3 is 0 Å². The number of nitrogens with zero attached hydrogens (tertiary/aromatic N) is 1. The molecule has 0 saturated carbocycles. The highest BCUT2D eigenvalue weighted by Gasteiger charge is 1.91. The molecule has 0 aliphatic rings. The van der Waals surface area contributed by atoms with E-state index in [4.69, 9.17) is 5.73 Å². The van der Waals surface area contributed by atoms with E-state index in [1.165, 1.54) is 0 Å². The molecule has 2 nitrogen and oxygen atoms in total. The van der Waals surface area contributed by atoms with Crippen molar-refractivity contribution in [2.75, 3.05) is 5.73 Å². The number of hydrogen-bond donors (Lipinski definition) is 1. The number of aromatic nitrogens is 1. The van der Waals surface area contributed by atoms with E-state index < -0.39 is 0 Å². The molecular weight excluding hydrogens is 148 g/mol. The fraction of sp³-hybridized carbons (Fsp3) is 0.286. The Morgan fingerprint density at radius 3 is 2.40 bits per heavy atom. The minimum Gasteiger partial charge on any atom is -0.397 e. The van der Waals surface area contributed by atoms with Gasteiger partial charge in [0.1, 0.15) is 0 Å². The molecule has 0 aromatic carbocycles. The summed E-state index contributed by atoms with van der Waals surface area (Å²) in [6.07, 6.45) is 1.67. The number of nitrogen functional groups attached to an aromatic ring is 1. The molecule has 0 amide bonds. The van der Waals surface area contributed by atoms with Crippen molar-refractivity contribution in [2.45, 2.75) is 13.8 Å². The molecule has 0 unspecified atom stereocenters. The Bertz CT molecular complexity index is 223. The van der Waals surface area contributed by atoms with Crippen LogP contribution < -0.4 is 5.73 Å². The zero-order valence-corrected chi connectivity index (χ0v) is 6.90. The second kappa shape index (κ2) is 3.42. The standard InChI is InChI=1S/C7H10N2.ClH/c1-5-3-7(8)4-9-6(5)2;/h3-4H,8H2,1-2H3;1H. The quantitative estimate of drug-likeness (QED) is 0.624. The average molecular weight is 159 g/mol. The second-order valence-corrected chi connectivity index (χ2v) is 2.17. The van der Waals surface area contributed by atoms with Gasteiger partial charge < -0.3 is 5.73 Å². The van der Waals surface area contributed by atoms with E-state index in [0.717, 1.165) is 16.9 Å². The number of anilines is 1. The molecule has 56 valence electrons. The van der Waals surface area contributed by atoms with E-state index in [9.17, 15) is 0 Å². The third-order valence-electron chi connectivity index (χ3n) is 1.36. The van der Waals surface area contributed by atoms with Gasteiger partial charge in [0.2, 0.25) is 0 Å². The molecule has 0 aliphatic carbocycles. The fourth-order valence-corrected chi connectivity index (χ4v) is 0.665. The summed E-state index contributed by atoms with van der Waals surface area (Å²) in [5.41, 5.74) is 8.39. The first-order valence-corrected chi connectivity index (χ1v) is 2.89. The third kappa shape index (κ3) is 1.88. The SMILES string of the molecule is Cc1cc(N)cnc1C.Cl. The molecule has 3 heteroatoms. The smallest absolute Gasteiger partial charge is 0.0503 e. The summed E-state index contributed by atoms with van der Waals surface area (Å²) < 4.78 is 0. The highest BCUT2D eigenvalue weighted by Crippen LogP contribution is 2.06. The molecule has 10 heavy (non-hydrogen) atoms. The Morgan fingerprint density at radius 1 is 1.40 bits per heavy atom. The maximum absolute atomic E-state index is 5.46.